The first kappa shape index (κ1) is 17.3. The normalized spacial score (nSPS) is 11.3. The zero-order chi connectivity index (χ0) is 19.9. The van der Waals surface area contributed by atoms with Gasteiger partial charge in [-0.15, -0.1) is 11.3 Å². The molecule has 0 saturated heterocycles. The van der Waals surface area contributed by atoms with Crippen molar-refractivity contribution in [2.24, 2.45) is 0 Å². The minimum Gasteiger partial charge on any atom is -0.354 e. The van der Waals surface area contributed by atoms with Gasteiger partial charge in [-0.1, -0.05) is 91.0 Å². The second-order valence-corrected chi connectivity index (χ2v) is 8.53. The van der Waals surface area contributed by atoms with Crippen molar-refractivity contribution >= 4 is 53.7 Å². The molecular weight excluding hydrogens is 382 g/mol. The molecule has 1 heterocycles. The standard InChI is InChI=1S/C28H19NS/c1-2-9-20(10-3-1)22-17-18-25(27-23-14-6-7-16-26(23)30-28(22)27)29-24-15-8-12-19-11-4-5-13-21(19)24/h1-18,29H. The van der Waals surface area contributed by atoms with Crippen molar-refractivity contribution in [2.75, 3.05) is 5.32 Å². The average Bonchev–Trinajstić information content (AvgIpc) is 3.20. The van der Waals surface area contributed by atoms with Crippen molar-refractivity contribution in [2.45, 2.75) is 0 Å². The van der Waals surface area contributed by atoms with Gasteiger partial charge in [0, 0.05) is 36.9 Å². The van der Waals surface area contributed by atoms with Gasteiger partial charge in [0.1, 0.15) is 0 Å². The van der Waals surface area contributed by atoms with Gasteiger partial charge in [-0.2, -0.15) is 0 Å². The zero-order valence-corrected chi connectivity index (χ0v) is 17.1. The smallest absolute Gasteiger partial charge is 0.0479 e. The van der Waals surface area contributed by atoms with Gasteiger partial charge in [0.15, 0.2) is 0 Å². The minimum atomic E-state index is 1.14. The predicted molar refractivity (Wildman–Crippen MR) is 132 cm³/mol. The zero-order valence-electron chi connectivity index (χ0n) is 16.3. The van der Waals surface area contributed by atoms with Crippen LogP contribution in [0.1, 0.15) is 0 Å². The molecule has 6 aromatic rings. The summed E-state index contributed by atoms with van der Waals surface area (Å²) in [6.45, 7) is 0. The number of thiophene rings is 1. The molecule has 0 spiro atoms. The lowest BCUT2D eigenvalue weighted by atomic mass is 10.0. The highest BCUT2D eigenvalue weighted by Crippen LogP contribution is 2.44. The highest BCUT2D eigenvalue weighted by Gasteiger charge is 2.15. The summed E-state index contributed by atoms with van der Waals surface area (Å²) in [7, 11) is 0. The van der Waals surface area contributed by atoms with Gasteiger partial charge >= 0.3 is 0 Å². The Morgan fingerprint density at radius 1 is 0.533 bits per heavy atom. The first-order chi connectivity index (χ1) is 14.9. The van der Waals surface area contributed by atoms with Crippen molar-refractivity contribution in [1.82, 2.24) is 0 Å². The van der Waals surface area contributed by atoms with E-state index >= 15 is 0 Å². The van der Waals surface area contributed by atoms with Gasteiger partial charge in [0.25, 0.3) is 0 Å². The molecule has 0 aliphatic heterocycles. The highest BCUT2D eigenvalue weighted by molar-refractivity contribution is 7.26. The SMILES string of the molecule is c1ccc(-c2ccc(Nc3cccc4ccccc34)c3c2sc2ccccc23)cc1. The van der Waals surface area contributed by atoms with Gasteiger partial charge in [-0.05, 0) is 34.7 Å². The number of fused-ring (bicyclic) bond motifs is 4. The fourth-order valence-electron chi connectivity index (χ4n) is 4.26. The van der Waals surface area contributed by atoms with Crippen LogP contribution in [0.25, 0.3) is 42.1 Å². The van der Waals surface area contributed by atoms with E-state index in [0.717, 1.165) is 11.4 Å². The van der Waals surface area contributed by atoms with Crippen LogP contribution in [0.2, 0.25) is 0 Å². The van der Waals surface area contributed by atoms with Crippen LogP contribution in [0.4, 0.5) is 11.4 Å². The van der Waals surface area contributed by atoms with Crippen molar-refractivity contribution in [3.63, 3.8) is 0 Å². The van der Waals surface area contributed by atoms with Crippen LogP contribution in [0.3, 0.4) is 0 Å². The van der Waals surface area contributed by atoms with E-state index in [1.54, 1.807) is 0 Å². The maximum Gasteiger partial charge on any atom is 0.0479 e. The molecule has 0 fully saturated rings. The molecule has 0 radical (unpaired) electrons. The summed E-state index contributed by atoms with van der Waals surface area (Å²) in [6, 6.07) is 38.8. The first-order valence-corrected chi connectivity index (χ1v) is 10.9. The highest BCUT2D eigenvalue weighted by atomic mass is 32.1. The first-order valence-electron chi connectivity index (χ1n) is 10.1. The molecular formula is C28H19NS. The van der Waals surface area contributed by atoms with Gasteiger partial charge < -0.3 is 5.32 Å². The van der Waals surface area contributed by atoms with Crippen molar-refractivity contribution < 1.29 is 0 Å². The molecule has 0 saturated carbocycles. The molecule has 0 aliphatic rings. The Morgan fingerprint density at radius 3 is 2.17 bits per heavy atom. The summed E-state index contributed by atoms with van der Waals surface area (Å²) < 4.78 is 2.64. The van der Waals surface area contributed by atoms with Crippen molar-refractivity contribution in [3.05, 3.63) is 109 Å². The Balaban J connectivity index is 1.61. The summed E-state index contributed by atoms with van der Waals surface area (Å²) in [6.07, 6.45) is 0. The number of anilines is 2. The Kier molecular flexibility index (Phi) is 4.03. The molecule has 5 aromatic carbocycles. The maximum atomic E-state index is 3.75. The summed E-state index contributed by atoms with van der Waals surface area (Å²) in [4.78, 5) is 0. The number of hydrogen-bond acceptors (Lipinski definition) is 2. The van der Waals surface area contributed by atoms with E-state index in [1.165, 1.54) is 42.1 Å². The lowest BCUT2D eigenvalue weighted by Crippen LogP contribution is -1.93. The average molecular weight is 402 g/mol. The van der Waals surface area contributed by atoms with E-state index < -0.39 is 0 Å². The molecule has 1 N–H and O–H groups in total. The van der Waals surface area contributed by atoms with Crippen LogP contribution in [-0.2, 0) is 0 Å². The summed E-state index contributed by atoms with van der Waals surface area (Å²) in [5.41, 5.74) is 4.83. The molecule has 30 heavy (non-hydrogen) atoms. The van der Waals surface area contributed by atoms with Crippen molar-refractivity contribution in [3.8, 4) is 11.1 Å². The van der Waals surface area contributed by atoms with E-state index in [-0.39, 0.29) is 0 Å². The number of benzene rings is 5. The predicted octanol–water partition coefficient (Wildman–Crippen LogP) is 8.62. The second-order valence-electron chi connectivity index (χ2n) is 7.48. The Hall–Kier alpha value is -3.62. The molecule has 0 bridgehead atoms. The number of hydrogen-bond donors (Lipinski definition) is 1. The van der Waals surface area contributed by atoms with Crippen LogP contribution in [0.15, 0.2) is 109 Å². The van der Waals surface area contributed by atoms with Crippen LogP contribution in [0.5, 0.6) is 0 Å². The third kappa shape index (κ3) is 2.77. The number of rotatable bonds is 3. The Morgan fingerprint density at radius 2 is 1.27 bits per heavy atom. The van der Waals surface area contributed by atoms with Gasteiger partial charge in [0.05, 0.1) is 0 Å². The van der Waals surface area contributed by atoms with E-state index in [4.69, 9.17) is 0 Å². The van der Waals surface area contributed by atoms with E-state index in [2.05, 4.69) is 115 Å². The van der Waals surface area contributed by atoms with Gasteiger partial charge in [0.2, 0.25) is 0 Å². The lowest BCUT2D eigenvalue weighted by Gasteiger charge is -2.13. The van der Waals surface area contributed by atoms with E-state index in [9.17, 15) is 0 Å². The quantitative estimate of drug-likeness (QED) is 0.313. The topological polar surface area (TPSA) is 12.0 Å². The van der Waals surface area contributed by atoms with Crippen LogP contribution < -0.4 is 5.32 Å². The molecule has 0 amide bonds. The molecule has 0 aliphatic carbocycles. The molecule has 142 valence electrons. The maximum absolute atomic E-state index is 3.75. The fraction of sp³-hybridized carbons (Fsp3) is 0. The molecule has 1 nitrogen and oxygen atoms in total. The lowest BCUT2D eigenvalue weighted by molar-refractivity contribution is 1.61. The van der Waals surface area contributed by atoms with Gasteiger partial charge in [-0.25, -0.2) is 0 Å². The fourth-order valence-corrected chi connectivity index (χ4v) is 5.52. The summed E-state index contributed by atoms with van der Waals surface area (Å²) in [5.74, 6) is 0. The van der Waals surface area contributed by atoms with E-state index in [1.807, 2.05) is 11.3 Å². The molecule has 6 rings (SSSR count). The third-order valence-electron chi connectivity index (χ3n) is 5.67. The molecule has 2 heteroatoms. The molecule has 0 atom stereocenters. The van der Waals surface area contributed by atoms with Crippen LogP contribution in [0, 0.1) is 0 Å². The summed E-state index contributed by atoms with van der Waals surface area (Å²) in [5, 5.41) is 8.83. The molecule has 1 aromatic heterocycles. The van der Waals surface area contributed by atoms with Gasteiger partial charge in [-0.3, -0.25) is 0 Å². The monoisotopic (exact) mass is 401 g/mol. The number of nitrogens with one attached hydrogen (secondary N) is 1. The van der Waals surface area contributed by atoms with Crippen LogP contribution in [-0.4, -0.2) is 0 Å². The van der Waals surface area contributed by atoms with Crippen molar-refractivity contribution in [1.29, 1.82) is 0 Å². The largest absolute Gasteiger partial charge is 0.354 e. The van der Waals surface area contributed by atoms with E-state index in [0.29, 0.717) is 0 Å². The van der Waals surface area contributed by atoms with Crippen LogP contribution >= 0.6 is 11.3 Å². The molecule has 0 unspecified atom stereocenters. The minimum absolute atomic E-state index is 1.14. The third-order valence-corrected chi connectivity index (χ3v) is 6.87. The Bertz CT molecular complexity index is 1510. The second kappa shape index (κ2) is 7.01. The summed E-state index contributed by atoms with van der Waals surface area (Å²) >= 11 is 1.87. The Labute approximate surface area is 179 Å².